The fourth-order valence-corrected chi connectivity index (χ4v) is 1.33. The zero-order valence-corrected chi connectivity index (χ0v) is 10.3. The van der Waals surface area contributed by atoms with Crippen LogP contribution in [0, 0.1) is 0 Å². The Labute approximate surface area is 112 Å². The van der Waals surface area contributed by atoms with E-state index in [1.807, 2.05) is 0 Å². The van der Waals surface area contributed by atoms with E-state index in [0.29, 0.717) is 6.07 Å². The molecule has 0 aliphatic carbocycles. The minimum absolute atomic E-state index is 0.0641. The van der Waals surface area contributed by atoms with Crippen molar-refractivity contribution < 1.29 is 32.9 Å². The van der Waals surface area contributed by atoms with E-state index in [0.717, 1.165) is 6.07 Å². The van der Waals surface area contributed by atoms with Crippen molar-refractivity contribution in [2.75, 3.05) is 31.7 Å². The topological polar surface area (TPSA) is 91.7 Å². The molecular formula is C11H13F3N2O4. The van der Waals surface area contributed by atoms with Crippen LogP contribution in [-0.4, -0.2) is 47.5 Å². The Hall–Kier alpha value is -1.87. The van der Waals surface area contributed by atoms with E-state index >= 15 is 0 Å². The summed E-state index contributed by atoms with van der Waals surface area (Å²) in [7, 11) is 0. The maximum absolute atomic E-state index is 12.5. The first-order valence-corrected chi connectivity index (χ1v) is 5.60. The second-order valence-electron chi connectivity index (χ2n) is 3.66. The number of carboxylic acid groups (broad SMARTS) is 1. The van der Waals surface area contributed by atoms with Gasteiger partial charge in [-0.05, 0) is 12.1 Å². The molecule has 0 aromatic carbocycles. The highest BCUT2D eigenvalue weighted by molar-refractivity contribution is 5.93. The summed E-state index contributed by atoms with van der Waals surface area (Å²) in [4.78, 5) is 14.2. The van der Waals surface area contributed by atoms with Gasteiger partial charge in [0.05, 0.1) is 19.8 Å². The Balaban J connectivity index is 2.81. The zero-order valence-electron chi connectivity index (χ0n) is 10.3. The quantitative estimate of drug-likeness (QED) is 0.655. The van der Waals surface area contributed by atoms with Crippen molar-refractivity contribution in [3.8, 4) is 0 Å². The van der Waals surface area contributed by atoms with Crippen LogP contribution in [0.25, 0.3) is 0 Å². The van der Waals surface area contributed by atoms with Gasteiger partial charge in [0.15, 0.2) is 0 Å². The van der Waals surface area contributed by atoms with Crippen molar-refractivity contribution in [3.05, 3.63) is 23.4 Å². The van der Waals surface area contributed by atoms with Crippen molar-refractivity contribution >= 4 is 11.8 Å². The van der Waals surface area contributed by atoms with Gasteiger partial charge >= 0.3 is 12.1 Å². The molecule has 3 N–H and O–H groups in total. The number of anilines is 1. The lowest BCUT2D eigenvalue weighted by molar-refractivity contribution is -0.141. The molecule has 6 nitrogen and oxygen atoms in total. The van der Waals surface area contributed by atoms with Crippen molar-refractivity contribution in [2.45, 2.75) is 6.18 Å². The number of pyridine rings is 1. The molecule has 0 radical (unpaired) electrons. The average molecular weight is 294 g/mol. The zero-order chi connectivity index (χ0) is 15.2. The van der Waals surface area contributed by atoms with E-state index in [-0.39, 0.29) is 37.7 Å². The van der Waals surface area contributed by atoms with E-state index in [2.05, 4.69) is 10.3 Å². The summed E-state index contributed by atoms with van der Waals surface area (Å²) in [6.07, 6.45) is -4.65. The number of aliphatic hydroxyl groups excluding tert-OH is 1. The van der Waals surface area contributed by atoms with E-state index in [1.165, 1.54) is 0 Å². The Morgan fingerprint density at radius 3 is 2.60 bits per heavy atom. The maximum atomic E-state index is 12.5. The summed E-state index contributed by atoms with van der Waals surface area (Å²) in [5, 5.41) is 19.8. The Kier molecular flexibility index (Phi) is 5.71. The molecule has 20 heavy (non-hydrogen) atoms. The van der Waals surface area contributed by atoms with Crippen LogP contribution in [0.4, 0.5) is 19.0 Å². The molecule has 0 saturated carbocycles. The van der Waals surface area contributed by atoms with Crippen LogP contribution in [0.2, 0.25) is 0 Å². The van der Waals surface area contributed by atoms with E-state index in [9.17, 15) is 18.0 Å². The third-order valence-electron chi connectivity index (χ3n) is 2.19. The third kappa shape index (κ3) is 4.67. The van der Waals surface area contributed by atoms with Crippen LogP contribution < -0.4 is 5.32 Å². The van der Waals surface area contributed by atoms with Crippen molar-refractivity contribution in [1.82, 2.24) is 4.98 Å². The second kappa shape index (κ2) is 7.06. The number of aromatic nitrogens is 1. The van der Waals surface area contributed by atoms with Gasteiger partial charge in [0.1, 0.15) is 17.1 Å². The third-order valence-corrected chi connectivity index (χ3v) is 2.19. The second-order valence-corrected chi connectivity index (χ2v) is 3.66. The Bertz CT molecular complexity index is 465. The molecule has 1 heterocycles. The highest BCUT2D eigenvalue weighted by Gasteiger charge is 2.33. The molecule has 9 heteroatoms. The molecule has 1 aromatic heterocycles. The van der Waals surface area contributed by atoms with Gasteiger partial charge in [-0.15, -0.1) is 0 Å². The van der Waals surface area contributed by atoms with Gasteiger partial charge in [0, 0.05) is 6.54 Å². The highest BCUT2D eigenvalue weighted by atomic mass is 19.4. The predicted octanol–water partition coefficient (Wildman–Crippen LogP) is 1.22. The van der Waals surface area contributed by atoms with Crippen LogP contribution in [0.1, 0.15) is 16.1 Å². The first-order chi connectivity index (χ1) is 9.36. The fraction of sp³-hybridized carbons (Fsp3) is 0.455. The van der Waals surface area contributed by atoms with Gasteiger partial charge in [-0.3, -0.25) is 0 Å². The molecule has 0 aliphatic rings. The lowest BCUT2D eigenvalue weighted by atomic mass is 10.2. The molecule has 0 unspecified atom stereocenters. The molecular weight excluding hydrogens is 281 g/mol. The Morgan fingerprint density at radius 2 is 2.05 bits per heavy atom. The smallest absolute Gasteiger partial charge is 0.433 e. The average Bonchev–Trinajstić information content (AvgIpc) is 2.37. The standard InChI is InChI=1S/C11H13F3N2O4/c12-11(13,14)8-2-1-7(10(18)19)9(16-8)15-3-5-20-6-4-17/h1-2,17H,3-6H2,(H,15,16)(H,18,19). The molecule has 0 fully saturated rings. The number of carbonyl (C=O) groups is 1. The molecule has 0 spiro atoms. The number of hydrogen-bond acceptors (Lipinski definition) is 5. The van der Waals surface area contributed by atoms with Crippen LogP contribution in [0.5, 0.6) is 0 Å². The summed E-state index contributed by atoms with van der Waals surface area (Å²) in [5.74, 6) is -1.76. The number of nitrogens with one attached hydrogen (secondary N) is 1. The molecule has 0 saturated heterocycles. The normalized spacial score (nSPS) is 11.4. The molecule has 1 rings (SSSR count). The molecule has 0 bridgehead atoms. The van der Waals surface area contributed by atoms with Crippen LogP contribution >= 0.6 is 0 Å². The molecule has 112 valence electrons. The van der Waals surface area contributed by atoms with Crippen molar-refractivity contribution in [1.29, 1.82) is 0 Å². The largest absolute Gasteiger partial charge is 0.478 e. The maximum Gasteiger partial charge on any atom is 0.433 e. The number of ether oxygens (including phenoxy) is 1. The summed E-state index contributed by atoms with van der Waals surface area (Å²) < 4.78 is 42.4. The molecule has 0 atom stereocenters. The van der Waals surface area contributed by atoms with E-state index in [1.54, 1.807) is 0 Å². The first kappa shape index (κ1) is 16.2. The van der Waals surface area contributed by atoms with E-state index in [4.69, 9.17) is 14.9 Å². The summed E-state index contributed by atoms with van der Waals surface area (Å²) in [6.45, 7) is 0.0673. The minimum Gasteiger partial charge on any atom is -0.478 e. The SMILES string of the molecule is O=C(O)c1ccc(C(F)(F)F)nc1NCCOCCO. The number of nitrogens with zero attached hydrogens (tertiary/aromatic N) is 1. The predicted molar refractivity (Wildman–Crippen MR) is 62.6 cm³/mol. The number of alkyl halides is 3. The molecule has 1 aromatic rings. The van der Waals surface area contributed by atoms with Gasteiger partial charge in [-0.25, -0.2) is 9.78 Å². The molecule has 0 aliphatic heterocycles. The van der Waals surface area contributed by atoms with Gasteiger partial charge in [-0.2, -0.15) is 13.2 Å². The summed E-state index contributed by atoms with van der Waals surface area (Å²) in [5.41, 5.74) is -1.54. The van der Waals surface area contributed by atoms with Crippen LogP contribution in [-0.2, 0) is 10.9 Å². The summed E-state index contributed by atoms with van der Waals surface area (Å²) in [6, 6.07) is 1.45. The summed E-state index contributed by atoms with van der Waals surface area (Å²) >= 11 is 0. The minimum atomic E-state index is -4.65. The monoisotopic (exact) mass is 294 g/mol. The van der Waals surface area contributed by atoms with Gasteiger partial charge < -0.3 is 20.3 Å². The van der Waals surface area contributed by atoms with Crippen LogP contribution in [0.15, 0.2) is 12.1 Å². The highest BCUT2D eigenvalue weighted by Crippen LogP contribution is 2.29. The number of rotatable bonds is 7. The Morgan fingerprint density at radius 1 is 1.35 bits per heavy atom. The van der Waals surface area contributed by atoms with Crippen molar-refractivity contribution in [3.63, 3.8) is 0 Å². The van der Waals surface area contributed by atoms with Gasteiger partial charge in [0.2, 0.25) is 0 Å². The first-order valence-electron chi connectivity index (χ1n) is 5.60. The number of aliphatic hydroxyl groups is 1. The lowest BCUT2D eigenvalue weighted by Gasteiger charge is -2.12. The number of halogens is 3. The van der Waals surface area contributed by atoms with Crippen molar-refractivity contribution in [2.24, 2.45) is 0 Å². The van der Waals surface area contributed by atoms with E-state index < -0.39 is 17.8 Å². The number of aromatic carboxylic acids is 1. The number of carboxylic acids is 1. The van der Waals surface area contributed by atoms with Crippen LogP contribution in [0.3, 0.4) is 0 Å². The lowest BCUT2D eigenvalue weighted by Crippen LogP contribution is -2.17. The van der Waals surface area contributed by atoms with Gasteiger partial charge in [0.25, 0.3) is 0 Å². The molecule has 0 amide bonds. The number of hydrogen-bond donors (Lipinski definition) is 3. The van der Waals surface area contributed by atoms with Gasteiger partial charge in [-0.1, -0.05) is 0 Å². The fourth-order valence-electron chi connectivity index (χ4n) is 1.33.